The van der Waals surface area contributed by atoms with Crippen LogP contribution in [-0.2, 0) is 13.1 Å². The number of benzene rings is 2. The van der Waals surface area contributed by atoms with Crippen molar-refractivity contribution >= 4 is 11.6 Å². The second-order valence-electron chi connectivity index (χ2n) is 6.33. The highest BCUT2D eigenvalue weighted by Gasteiger charge is 2.09. The number of carbonyl (C=O) groups excluding carboxylic acids is 1. The largest absolute Gasteiger partial charge is 0.348 e. The maximum Gasteiger partial charge on any atom is 0.255 e. The number of amides is 1. The van der Waals surface area contributed by atoms with Crippen molar-refractivity contribution in [3.8, 4) is 0 Å². The van der Waals surface area contributed by atoms with Gasteiger partial charge in [-0.05, 0) is 55.4 Å². The third kappa shape index (κ3) is 4.55. The zero-order valence-electron chi connectivity index (χ0n) is 14.8. The van der Waals surface area contributed by atoms with Gasteiger partial charge < -0.3 is 10.3 Å². The highest BCUT2D eigenvalue weighted by atomic mass is 19.1. The van der Waals surface area contributed by atoms with E-state index in [1.54, 1.807) is 37.5 Å². The first-order valence-corrected chi connectivity index (χ1v) is 8.34. The summed E-state index contributed by atoms with van der Waals surface area (Å²) in [5.41, 5.74) is 2.67. The number of nitrogens with zero attached hydrogens (tertiary/aromatic N) is 2. The first-order valence-electron chi connectivity index (χ1n) is 8.34. The number of rotatable bonds is 6. The van der Waals surface area contributed by atoms with Crippen LogP contribution in [-0.4, -0.2) is 27.8 Å². The molecule has 0 bridgehead atoms. The zero-order chi connectivity index (χ0) is 18.5. The minimum atomic E-state index is -0.287. The molecule has 0 aliphatic rings. The van der Waals surface area contributed by atoms with Crippen LogP contribution in [0.5, 0.6) is 0 Å². The van der Waals surface area contributed by atoms with Crippen molar-refractivity contribution in [1.82, 2.24) is 14.9 Å². The molecule has 26 heavy (non-hydrogen) atoms. The molecule has 0 unspecified atom stereocenters. The van der Waals surface area contributed by atoms with Gasteiger partial charge in [0.25, 0.3) is 5.91 Å². The third-order valence-corrected chi connectivity index (χ3v) is 4.03. The van der Waals surface area contributed by atoms with Crippen LogP contribution < -0.4 is 5.32 Å². The van der Waals surface area contributed by atoms with E-state index in [1.807, 2.05) is 25.2 Å². The first kappa shape index (κ1) is 17.8. The van der Waals surface area contributed by atoms with Gasteiger partial charge in [-0.2, -0.15) is 0 Å². The second-order valence-corrected chi connectivity index (χ2v) is 6.33. The van der Waals surface area contributed by atoms with Gasteiger partial charge in [0.05, 0.1) is 6.54 Å². The normalized spacial score (nSPS) is 10.9. The summed E-state index contributed by atoms with van der Waals surface area (Å²) < 4.78 is 13.3. The summed E-state index contributed by atoms with van der Waals surface area (Å²) in [5, 5.41) is 2.81. The van der Waals surface area contributed by atoms with Crippen LogP contribution in [0.25, 0.3) is 0 Å². The van der Waals surface area contributed by atoms with E-state index in [-0.39, 0.29) is 11.7 Å². The number of anilines is 1. The molecule has 2 N–H and O–H groups in total. The molecular weight excluding hydrogens is 331 g/mol. The van der Waals surface area contributed by atoms with E-state index in [4.69, 9.17) is 0 Å². The van der Waals surface area contributed by atoms with Crippen molar-refractivity contribution in [2.24, 2.45) is 0 Å². The van der Waals surface area contributed by atoms with Crippen molar-refractivity contribution in [3.05, 3.63) is 83.2 Å². The maximum atomic E-state index is 13.3. The highest BCUT2D eigenvalue weighted by Crippen LogP contribution is 2.16. The smallest absolute Gasteiger partial charge is 0.255 e. The molecule has 1 aromatic heterocycles. The lowest BCUT2D eigenvalue weighted by Gasteiger charge is -2.16. The monoisotopic (exact) mass is 352 g/mol. The van der Waals surface area contributed by atoms with E-state index in [1.165, 1.54) is 6.07 Å². The number of aromatic nitrogens is 2. The van der Waals surface area contributed by atoms with Crippen molar-refractivity contribution < 1.29 is 9.18 Å². The number of nitrogens with one attached hydrogen (secondary N) is 2. The topological polar surface area (TPSA) is 61.0 Å². The lowest BCUT2D eigenvalue weighted by Crippen LogP contribution is -2.18. The quantitative estimate of drug-likeness (QED) is 0.710. The lowest BCUT2D eigenvalue weighted by atomic mass is 10.1. The third-order valence-electron chi connectivity index (χ3n) is 4.03. The van der Waals surface area contributed by atoms with Gasteiger partial charge in [-0.1, -0.05) is 12.1 Å². The Kier molecular flexibility index (Phi) is 5.43. The Labute approximate surface area is 151 Å². The summed E-state index contributed by atoms with van der Waals surface area (Å²) in [7, 11) is 2.00. The molecule has 0 saturated carbocycles. The Hall–Kier alpha value is -2.99. The van der Waals surface area contributed by atoms with Crippen molar-refractivity contribution in [2.75, 3.05) is 12.4 Å². The van der Waals surface area contributed by atoms with E-state index >= 15 is 0 Å². The molecule has 1 amide bonds. The van der Waals surface area contributed by atoms with Gasteiger partial charge in [0.2, 0.25) is 0 Å². The molecule has 1 heterocycles. The van der Waals surface area contributed by atoms with Gasteiger partial charge in [-0.25, -0.2) is 9.37 Å². The minimum absolute atomic E-state index is 0.216. The Balaban J connectivity index is 1.65. The molecule has 0 aliphatic heterocycles. The van der Waals surface area contributed by atoms with Gasteiger partial charge >= 0.3 is 0 Å². The van der Waals surface area contributed by atoms with Crippen molar-refractivity contribution in [3.63, 3.8) is 0 Å². The fourth-order valence-electron chi connectivity index (χ4n) is 2.74. The average molecular weight is 352 g/mol. The molecule has 0 spiro atoms. The van der Waals surface area contributed by atoms with Crippen LogP contribution in [0.3, 0.4) is 0 Å². The number of hydrogen-bond donors (Lipinski definition) is 2. The summed E-state index contributed by atoms with van der Waals surface area (Å²) >= 11 is 0. The molecule has 0 aliphatic carbocycles. The van der Waals surface area contributed by atoms with E-state index in [0.717, 1.165) is 11.4 Å². The fourth-order valence-corrected chi connectivity index (χ4v) is 2.74. The highest BCUT2D eigenvalue weighted by molar-refractivity contribution is 6.04. The van der Waals surface area contributed by atoms with Gasteiger partial charge in [0.15, 0.2) is 0 Å². The van der Waals surface area contributed by atoms with Gasteiger partial charge in [-0.3, -0.25) is 9.69 Å². The summed E-state index contributed by atoms with van der Waals surface area (Å²) in [6.45, 7) is 3.05. The molecule has 3 aromatic rings. The molecule has 0 atom stereocenters. The number of hydrogen-bond acceptors (Lipinski definition) is 3. The summed E-state index contributed by atoms with van der Waals surface area (Å²) in [4.78, 5) is 21.9. The van der Waals surface area contributed by atoms with Crippen LogP contribution in [0.2, 0.25) is 0 Å². The van der Waals surface area contributed by atoms with Crippen LogP contribution in [0.15, 0.2) is 54.9 Å². The Morgan fingerprint density at radius 2 is 2.08 bits per heavy atom. The molecule has 0 fully saturated rings. The Morgan fingerprint density at radius 3 is 2.81 bits per heavy atom. The Bertz CT molecular complexity index is 893. The van der Waals surface area contributed by atoms with Crippen LogP contribution in [0, 0.1) is 12.7 Å². The summed E-state index contributed by atoms with van der Waals surface area (Å²) in [5.74, 6) is 0.393. The molecule has 6 heteroatoms. The van der Waals surface area contributed by atoms with Crippen LogP contribution in [0.1, 0.15) is 27.3 Å². The number of aromatic amines is 1. The van der Waals surface area contributed by atoms with Gasteiger partial charge in [0.1, 0.15) is 11.6 Å². The van der Waals surface area contributed by atoms with Crippen LogP contribution in [0.4, 0.5) is 10.1 Å². The summed E-state index contributed by atoms with van der Waals surface area (Å²) in [6, 6.07) is 12.0. The average Bonchev–Trinajstić information content (AvgIpc) is 3.11. The molecule has 134 valence electrons. The van der Waals surface area contributed by atoms with Crippen LogP contribution >= 0.6 is 0 Å². The zero-order valence-corrected chi connectivity index (χ0v) is 14.8. The van der Waals surface area contributed by atoms with Crippen molar-refractivity contribution in [2.45, 2.75) is 20.0 Å². The van der Waals surface area contributed by atoms with Gasteiger partial charge in [0, 0.05) is 30.2 Å². The molecule has 3 rings (SSSR count). The number of H-pyrrole nitrogens is 1. The SMILES string of the molecule is Cc1cc(NC(=O)c2cccc(CN(C)Cc3ncc[nH]3)c2)ccc1F. The van der Waals surface area contributed by atoms with E-state index in [0.29, 0.717) is 29.9 Å². The summed E-state index contributed by atoms with van der Waals surface area (Å²) in [6.07, 6.45) is 3.52. The number of halogens is 1. The molecule has 2 aromatic carbocycles. The molecule has 0 saturated heterocycles. The molecule has 5 nitrogen and oxygen atoms in total. The van der Waals surface area contributed by atoms with E-state index in [9.17, 15) is 9.18 Å². The molecular formula is C20H21FN4O. The maximum absolute atomic E-state index is 13.3. The number of imidazole rings is 1. The number of aryl methyl sites for hydroxylation is 1. The molecule has 0 radical (unpaired) electrons. The standard InChI is InChI=1S/C20H21FN4O/c1-14-10-17(6-7-18(14)21)24-20(26)16-5-3-4-15(11-16)12-25(2)13-19-22-8-9-23-19/h3-11H,12-13H2,1-2H3,(H,22,23)(H,24,26). The predicted molar refractivity (Wildman–Crippen MR) is 99.3 cm³/mol. The first-order chi connectivity index (χ1) is 12.5. The number of carbonyl (C=O) groups is 1. The van der Waals surface area contributed by atoms with Crippen molar-refractivity contribution in [1.29, 1.82) is 0 Å². The second kappa shape index (κ2) is 7.93. The minimum Gasteiger partial charge on any atom is -0.348 e. The lowest BCUT2D eigenvalue weighted by molar-refractivity contribution is 0.102. The van der Waals surface area contributed by atoms with E-state index in [2.05, 4.69) is 20.2 Å². The Morgan fingerprint density at radius 1 is 1.23 bits per heavy atom. The predicted octanol–water partition coefficient (Wildman–Crippen LogP) is 3.74. The van der Waals surface area contributed by atoms with Gasteiger partial charge in [-0.15, -0.1) is 0 Å². The van der Waals surface area contributed by atoms with E-state index < -0.39 is 0 Å². The fraction of sp³-hybridized carbons (Fsp3) is 0.200.